The van der Waals surface area contributed by atoms with Gasteiger partial charge in [0.15, 0.2) is 0 Å². The zero-order valence-electron chi connectivity index (χ0n) is 18.3. The maximum absolute atomic E-state index is 12.6. The molecule has 4 heterocycles. The maximum atomic E-state index is 12.6. The molecule has 0 spiro atoms. The van der Waals surface area contributed by atoms with Crippen molar-refractivity contribution < 1.29 is 22.7 Å². The quantitative estimate of drug-likeness (QED) is 0.450. The van der Waals surface area contributed by atoms with Gasteiger partial charge < -0.3 is 24.8 Å². The van der Waals surface area contributed by atoms with Crippen LogP contribution < -0.4 is 15.0 Å². The molecule has 3 aromatic heterocycles. The van der Waals surface area contributed by atoms with Gasteiger partial charge in [0.2, 0.25) is 0 Å². The first-order valence-electron chi connectivity index (χ1n) is 10.8. The number of ether oxygens (including phenoxy) is 1. The summed E-state index contributed by atoms with van der Waals surface area (Å²) < 4.78 is 40.7. The van der Waals surface area contributed by atoms with E-state index in [-0.39, 0.29) is 11.8 Å². The van der Waals surface area contributed by atoms with Gasteiger partial charge in [0.25, 0.3) is 0 Å². The summed E-state index contributed by atoms with van der Waals surface area (Å²) in [4.78, 5) is 32.6. The molecule has 9 nitrogen and oxygen atoms in total. The van der Waals surface area contributed by atoms with E-state index in [0.717, 1.165) is 40.2 Å². The molecule has 2 N–H and O–H groups in total. The molecular weight excluding hydrogens is 463 g/mol. The number of aromatic amines is 1. The number of aromatic nitrogens is 4. The van der Waals surface area contributed by atoms with E-state index in [2.05, 4.69) is 34.9 Å². The summed E-state index contributed by atoms with van der Waals surface area (Å²) in [6.07, 6.45) is 0.196. The number of pyridine rings is 1. The van der Waals surface area contributed by atoms with Crippen LogP contribution in [-0.2, 0) is 0 Å². The monoisotopic (exact) mass is 483 g/mol. The number of H-pyrrole nitrogens is 1. The Hall–Kier alpha value is -4.35. The number of urea groups is 1. The SMILES string of the molecule is O=C(Nc1ccc(OC(F)(F)F)cc1)N1CCN(c2ncnc3[nH]c(-c4ccncc4)cc23)CC1. The molecule has 0 unspecified atom stereocenters. The maximum Gasteiger partial charge on any atom is 0.573 e. The Labute approximate surface area is 197 Å². The fourth-order valence-corrected chi connectivity index (χ4v) is 3.93. The molecule has 1 aromatic carbocycles. The average Bonchev–Trinajstić information content (AvgIpc) is 3.30. The predicted molar refractivity (Wildman–Crippen MR) is 123 cm³/mol. The number of nitrogens with one attached hydrogen (secondary N) is 2. The molecule has 35 heavy (non-hydrogen) atoms. The number of alkyl halides is 3. The molecular formula is C23H20F3N7O2. The summed E-state index contributed by atoms with van der Waals surface area (Å²) in [6, 6.07) is 10.5. The summed E-state index contributed by atoms with van der Waals surface area (Å²) in [7, 11) is 0. The standard InChI is InChI=1S/C23H20F3N7O2/c24-23(25,26)35-17-3-1-16(2-4-17)30-22(34)33-11-9-32(10-12-33)21-18-13-19(15-5-7-27-8-6-15)31-20(18)28-14-29-21/h1-8,13-14H,9-12H2,(H,30,34)(H,28,29,31). The summed E-state index contributed by atoms with van der Waals surface area (Å²) in [5, 5.41) is 3.59. The molecule has 0 bridgehead atoms. The average molecular weight is 483 g/mol. The second-order valence-corrected chi connectivity index (χ2v) is 7.85. The van der Waals surface area contributed by atoms with Crippen molar-refractivity contribution in [2.75, 3.05) is 36.4 Å². The van der Waals surface area contributed by atoms with Crippen molar-refractivity contribution in [3.8, 4) is 17.0 Å². The lowest BCUT2D eigenvalue weighted by Gasteiger charge is -2.35. The Morgan fingerprint density at radius 2 is 1.71 bits per heavy atom. The highest BCUT2D eigenvalue weighted by molar-refractivity contribution is 5.92. The van der Waals surface area contributed by atoms with Gasteiger partial charge in [0.1, 0.15) is 23.5 Å². The van der Waals surface area contributed by atoms with Crippen LogP contribution in [0, 0.1) is 0 Å². The summed E-state index contributed by atoms with van der Waals surface area (Å²) in [5.74, 6) is 0.434. The van der Waals surface area contributed by atoms with Crippen LogP contribution >= 0.6 is 0 Å². The van der Waals surface area contributed by atoms with Crippen molar-refractivity contribution >= 4 is 28.6 Å². The highest BCUT2D eigenvalue weighted by Gasteiger charge is 2.31. The van der Waals surface area contributed by atoms with E-state index >= 15 is 0 Å². The van der Waals surface area contributed by atoms with E-state index < -0.39 is 6.36 Å². The van der Waals surface area contributed by atoms with Crippen LogP contribution in [0.3, 0.4) is 0 Å². The fraction of sp³-hybridized carbons (Fsp3) is 0.217. The van der Waals surface area contributed by atoms with Crippen molar-refractivity contribution in [2.45, 2.75) is 6.36 Å². The normalized spacial score (nSPS) is 14.3. The number of rotatable bonds is 4. The van der Waals surface area contributed by atoms with E-state index in [1.54, 1.807) is 17.3 Å². The van der Waals surface area contributed by atoms with Gasteiger partial charge >= 0.3 is 12.4 Å². The first kappa shape index (κ1) is 22.4. The molecule has 4 aromatic rings. The second-order valence-electron chi connectivity index (χ2n) is 7.85. The third-order valence-corrected chi connectivity index (χ3v) is 5.60. The van der Waals surface area contributed by atoms with E-state index in [1.165, 1.54) is 18.5 Å². The largest absolute Gasteiger partial charge is 0.573 e. The van der Waals surface area contributed by atoms with Crippen molar-refractivity contribution in [3.63, 3.8) is 0 Å². The van der Waals surface area contributed by atoms with Crippen LogP contribution in [0.5, 0.6) is 5.75 Å². The highest BCUT2D eigenvalue weighted by atomic mass is 19.4. The minimum Gasteiger partial charge on any atom is -0.406 e. The number of fused-ring (bicyclic) bond motifs is 1. The molecule has 1 aliphatic heterocycles. The lowest BCUT2D eigenvalue weighted by atomic mass is 10.2. The van der Waals surface area contributed by atoms with Crippen molar-refractivity contribution in [2.24, 2.45) is 0 Å². The zero-order chi connectivity index (χ0) is 24.4. The molecule has 1 fully saturated rings. The van der Waals surface area contributed by atoms with Gasteiger partial charge in [0.05, 0.1) is 5.39 Å². The van der Waals surface area contributed by atoms with Crippen LogP contribution in [0.15, 0.2) is 61.2 Å². The Kier molecular flexibility index (Phi) is 5.85. The third-order valence-electron chi connectivity index (χ3n) is 5.60. The van der Waals surface area contributed by atoms with Crippen molar-refractivity contribution in [1.82, 2.24) is 24.8 Å². The number of carbonyl (C=O) groups is 1. The summed E-state index contributed by atoms with van der Waals surface area (Å²) in [5.41, 5.74) is 3.00. The fourth-order valence-electron chi connectivity index (χ4n) is 3.93. The van der Waals surface area contributed by atoms with Gasteiger partial charge in [-0.05, 0) is 42.5 Å². The number of hydrogen-bond donors (Lipinski definition) is 2. The minimum absolute atomic E-state index is 0.330. The molecule has 0 saturated carbocycles. The number of hydrogen-bond acceptors (Lipinski definition) is 6. The first-order chi connectivity index (χ1) is 16.9. The smallest absolute Gasteiger partial charge is 0.406 e. The zero-order valence-corrected chi connectivity index (χ0v) is 18.3. The van der Waals surface area contributed by atoms with Crippen LogP contribution in [0.4, 0.5) is 29.5 Å². The second kappa shape index (κ2) is 9.12. The van der Waals surface area contributed by atoms with Crippen LogP contribution in [0.2, 0.25) is 0 Å². The van der Waals surface area contributed by atoms with Crippen LogP contribution in [0.25, 0.3) is 22.3 Å². The Morgan fingerprint density at radius 3 is 2.40 bits per heavy atom. The van der Waals surface area contributed by atoms with Gasteiger partial charge in [-0.25, -0.2) is 14.8 Å². The first-order valence-corrected chi connectivity index (χ1v) is 10.8. The number of carbonyl (C=O) groups excluding carboxylic acids is 1. The van der Waals surface area contributed by atoms with Crippen molar-refractivity contribution in [1.29, 1.82) is 0 Å². The predicted octanol–water partition coefficient (Wildman–Crippen LogP) is 4.27. The number of benzene rings is 1. The van der Waals surface area contributed by atoms with Gasteiger partial charge in [-0.1, -0.05) is 0 Å². The number of piperazine rings is 1. The van der Waals surface area contributed by atoms with Gasteiger partial charge in [-0.15, -0.1) is 13.2 Å². The number of nitrogens with zero attached hydrogens (tertiary/aromatic N) is 5. The minimum atomic E-state index is -4.76. The molecule has 0 aliphatic carbocycles. The Balaban J connectivity index is 1.22. The third kappa shape index (κ3) is 5.10. The summed E-state index contributed by atoms with van der Waals surface area (Å²) in [6.45, 7) is 2.03. The van der Waals surface area contributed by atoms with Gasteiger partial charge in [-0.2, -0.15) is 0 Å². The lowest BCUT2D eigenvalue weighted by Crippen LogP contribution is -2.50. The number of anilines is 2. The summed E-state index contributed by atoms with van der Waals surface area (Å²) >= 11 is 0. The topological polar surface area (TPSA) is 99.3 Å². The molecule has 0 radical (unpaired) electrons. The Morgan fingerprint density at radius 1 is 1.00 bits per heavy atom. The van der Waals surface area contributed by atoms with E-state index in [0.29, 0.717) is 31.9 Å². The van der Waals surface area contributed by atoms with Gasteiger partial charge in [0, 0.05) is 55.5 Å². The van der Waals surface area contributed by atoms with Crippen LogP contribution in [0.1, 0.15) is 0 Å². The molecule has 5 rings (SSSR count). The molecule has 12 heteroatoms. The van der Waals surface area contributed by atoms with Gasteiger partial charge in [-0.3, -0.25) is 4.98 Å². The molecule has 1 aliphatic rings. The molecule has 2 amide bonds. The lowest BCUT2D eigenvalue weighted by molar-refractivity contribution is -0.274. The Bertz CT molecular complexity index is 1320. The number of halogens is 3. The van der Waals surface area contributed by atoms with Crippen LogP contribution in [-0.4, -0.2) is 63.4 Å². The van der Waals surface area contributed by atoms with E-state index in [4.69, 9.17) is 0 Å². The molecule has 0 atom stereocenters. The van der Waals surface area contributed by atoms with Crippen molar-refractivity contribution in [3.05, 3.63) is 61.2 Å². The molecule has 1 saturated heterocycles. The van der Waals surface area contributed by atoms with E-state index in [9.17, 15) is 18.0 Å². The molecule has 180 valence electrons. The van der Waals surface area contributed by atoms with E-state index in [1.807, 2.05) is 18.2 Å². The highest BCUT2D eigenvalue weighted by Crippen LogP contribution is 2.29. The number of amides is 2.